The SMILES string of the molecule is C=CC(=O)N1CCN(c2c(C#N)c(OCCN(C)C)nc3c2CCN(c2cccc4cccc(C(F)(F)F)c24)C3)CC1. The zero-order valence-corrected chi connectivity index (χ0v) is 23.7. The van der Waals surface area contributed by atoms with Crippen molar-refractivity contribution in [1.82, 2.24) is 14.8 Å². The highest BCUT2D eigenvalue weighted by Gasteiger charge is 2.35. The van der Waals surface area contributed by atoms with Crippen molar-refractivity contribution in [3.05, 3.63) is 71.4 Å². The number of benzene rings is 2. The Kier molecular flexibility index (Phi) is 8.27. The molecule has 3 heterocycles. The molecule has 42 heavy (non-hydrogen) atoms. The smallest absolute Gasteiger partial charge is 0.417 e. The van der Waals surface area contributed by atoms with Crippen molar-refractivity contribution in [3.8, 4) is 11.9 Å². The molecule has 0 radical (unpaired) electrons. The predicted octanol–water partition coefficient (Wildman–Crippen LogP) is 4.46. The van der Waals surface area contributed by atoms with Gasteiger partial charge in [-0.05, 0) is 44.1 Å². The van der Waals surface area contributed by atoms with Gasteiger partial charge >= 0.3 is 6.18 Å². The Morgan fingerprint density at radius 3 is 2.48 bits per heavy atom. The van der Waals surface area contributed by atoms with Crippen LogP contribution in [0, 0.1) is 11.3 Å². The number of pyridine rings is 1. The van der Waals surface area contributed by atoms with Crippen LogP contribution in [0.3, 0.4) is 0 Å². The predicted molar refractivity (Wildman–Crippen MR) is 156 cm³/mol. The Balaban J connectivity index is 1.56. The van der Waals surface area contributed by atoms with Gasteiger partial charge in [-0.25, -0.2) is 4.98 Å². The minimum Gasteiger partial charge on any atom is -0.475 e. The highest BCUT2D eigenvalue weighted by molar-refractivity contribution is 5.97. The minimum absolute atomic E-state index is 0.136. The zero-order valence-electron chi connectivity index (χ0n) is 23.7. The lowest BCUT2D eigenvalue weighted by Gasteiger charge is -2.39. The molecule has 0 aliphatic carbocycles. The molecule has 1 amide bonds. The summed E-state index contributed by atoms with van der Waals surface area (Å²) < 4.78 is 48.2. The van der Waals surface area contributed by atoms with Crippen LogP contribution in [0.15, 0.2) is 49.1 Å². The lowest BCUT2D eigenvalue weighted by molar-refractivity contribution is -0.136. The summed E-state index contributed by atoms with van der Waals surface area (Å²) in [4.78, 5) is 24.7. The maximum Gasteiger partial charge on any atom is 0.417 e. The van der Waals surface area contributed by atoms with E-state index in [1.807, 2.05) is 23.9 Å². The number of amides is 1. The van der Waals surface area contributed by atoms with E-state index in [-0.39, 0.29) is 23.7 Å². The van der Waals surface area contributed by atoms with Gasteiger partial charge in [-0.1, -0.05) is 30.8 Å². The summed E-state index contributed by atoms with van der Waals surface area (Å²) in [5.41, 5.74) is 2.46. The topological polar surface area (TPSA) is 75.9 Å². The van der Waals surface area contributed by atoms with E-state index in [2.05, 4.69) is 17.5 Å². The number of halogens is 3. The number of carbonyl (C=O) groups excluding carboxylic acids is 1. The van der Waals surface area contributed by atoms with Gasteiger partial charge in [-0.3, -0.25) is 4.79 Å². The van der Waals surface area contributed by atoms with E-state index >= 15 is 0 Å². The molecule has 0 bridgehead atoms. The van der Waals surface area contributed by atoms with Gasteiger partial charge in [0.1, 0.15) is 18.2 Å². The van der Waals surface area contributed by atoms with Crippen LogP contribution in [-0.4, -0.2) is 80.7 Å². The summed E-state index contributed by atoms with van der Waals surface area (Å²) in [5.74, 6) is 0.0806. The first-order chi connectivity index (χ1) is 20.1. The quantitative estimate of drug-likeness (QED) is 0.383. The van der Waals surface area contributed by atoms with Gasteiger partial charge in [0.25, 0.3) is 0 Å². The number of fused-ring (bicyclic) bond motifs is 2. The molecule has 1 aromatic heterocycles. The molecule has 2 aromatic carbocycles. The Hall–Kier alpha value is -4.30. The summed E-state index contributed by atoms with van der Waals surface area (Å²) in [7, 11) is 3.84. The molecule has 0 saturated carbocycles. The summed E-state index contributed by atoms with van der Waals surface area (Å²) in [6.45, 7) is 7.21. The van der Waals surface area contributed by atoms with Crippen molar-refractivity contribution >= 4 is 28.1 Å². The maximum absolute atomic E-state index is 14.1. The van der Waals surface area contributed by atoms with Crippen LogP contribution in [0.5, 0.6) is 5.88 Å². The molecule has 1 saturated heterocycles. The summed E-state index contributed by atoms with van der Waals surface area (Å²) >= 11 is 0. The van der Waals surface area contributed by atoms with Crippen molar-refractivity contribution in [3.63, 3.8) is 0 Å². The minimum atomic E-state index is -4.50. The summed E-state index contributed by atoms with van der Waals surface area (Å²) in [5, 5.41) is 10.9. The average molecular weight is 579 g/mol. The van der Waals surface area contributed by atoms with Gasteiger partial charge in [0.05, 0.1) is 23.5 Å². The second-order valence-electron chi connectivity index (χ2n) is 10.7. The highest BCUT2D eigenvalue weighted by atomic mass is 19.4. The van der Waals surface area contributed by atoms with Crippen molar-refractivity contribution in [2.45, 2.75) is 19.1 Å². The fraction of sp³-hybridized carbons (Fsp3) is 0.387. The Bertz CT molecular complexity index is 1540. The zero-order chi connectivity index (χ0) is 30.0. The van der Waals surface area contributed by atoms with E-state index < -0.39 is 11.7 Å². The van der Waals surface area contributed by atoms with Gasteiger partial charge in [-0.15, -0.1) is 0 Å². The molecule has 2 aliphatic rings. The lowest BCUT2D eigenvalue weighted by Crippen LogP contribution is -2.49. The van der Waals surface area contributed by atoms with Crippen LogP contribution in [0.2, 0.25) is 0 Å². The average Bonchev–Trinajstić information content (AvgIpc) is 2.98. The van der Waals surface area contributed by atoms with Crippen molar-refractivity contribution in [2.75, 3.05) is 69.8 Å². The number of nitrogens with zero attached hydrogens (tertiary/aromatic N) is 6. The molecule has 11 heteroatoms. The monoisotopic (exact) mass is 578 g/mol. The highest BCUT2D eigenvalue weighted by Crippen LogP contribution is 2.42. The number of nitriles is 1. The number of hydrogen-bond acceptors (Lipinski definition) is 7. The molecule has 8 nitrogen and oxygen atoms in total. The molecule has 0 spiro atoms. The molecule has 3 aromatic rings. The number of alkyl halides is 3. The second-order valence-corrected chi connectivity index (χ2v) is 10.7. The third kappa shape index (κ3) is 5.72. The summed E-state index contributed by atoms with van der Waals surface area (Å²) in [6, 6.07) is 11.7. The first-order valence-electron chi connectivity index (χ1n) is 13.9. The van der Waals surface area contributed by atoms with Gasteiger partial charge < -0.3 is 24.3 Å². The van der Waals surface area contributed by atoms with Gasteiger partial charge in [-0.2, -0.15) is 18.4 Å². The number of anilines is 2. The molecule has 0 unspecified atom stereocenters. The third-order valence-corrected chi connectivity index (χ3v) is 7.79. The number of piperazine rings is 1. The number of likely N-dealkylation sites (N-methyl/N-ethyl adjacent to an activating group) is 1. The number of hydrogen-bond donors (Lipinski definition) is 0. The van der Waals surface area contributed by atoms with Gasteiger partial charge in [0.15, 0.2) is 0 Å². The molecule has 0 N–H and O–H groups in total. The molecule has 220 valence electrons. The number of ether oxygens (including phenoxy) is 1. The van der Waals surface area contributed by atoms with Crippen molar-refractivity contribution in [2.24, 2.45) is 0 Å². The number of rotatable bonds is 7. The van der Waals surface area contributed by atoms with Crippen LogP contribution >= 0.6 is 0 Å². The fourth-order valence-corrected chi connectivity index (χ4v) is 5.72. The fourth-order valence-electron chi connectivity index (χ4n) is 5.72. The first kappa shape index (κ1) is 29.2. The van der Waals surface area contributed by atoms with Crippen LogP contribution in [0.25, 0.3) is 10.8 Å². The molecule has 1 fully saturated rings. The standard InChI is InChI=1S/C31H33F3N6O2/c1-4-27(41)38-13-15-39(16-14-38)29-22-11-12-40(20-25(22)36-30(23(29)19-35)42-18-17-37(2)3)26-10-6-8-21-7-5-9-24(28(21)26)31(32,33)34/h4-10H,1,11-18,20H2,2-3H3. The summed E-state index contributed by atoms with van der Waals surface area (Å²) in [6.07, 6.45) is -2.72. The van der Waals surface area contributed by atoms with E-state index in [0.717, 1.165) is 17.3 Å². The first-order valence-corrected chi connectivity index (χ1v) is 13.9. The molecule has 2 aliphatic heterocycles. The second kappa shape index (κ2) is 11.9. The van der Waals surface area contributed by atoms with E-state index in [0.29, 0.717) is 74.6 Å². The van der Waals surface area contributed by atoms with Crippen LogP contribution in [-0.2, 0) is 23.9 Å². The molecule has 0 atom stereocenters. The normalized spacial score (nSPS) is 15.5. The van der Waals surface area contributed by atoms with Crippen LogP contribution < -0.4 is 14.5 Å². The molecular weight excluding hydrogens is 545 g/mol. The van der Waals surface area contributed by atoms with E-state index in [1.165, 1.54) is 12.1 Å². The van der Waals surface area contributed by atoms with E-state index in [1.54, 1.807) is 29.2 Å². The Morgan fingerprint density at radius 1 is 1.12 bits per heavy atom. The van der Waals surface area contributed by atoms with Crippen molar-refractivity contribution in [1.29, 1.82) is 5.26 Å². The number of carbonyl (C=O) groups is 1. The molecular formula is C31H33F3N6O2. The van der Waals surface area contributed by atoms with Crippen LogP contribution in [0.4, 0.5) is 24.5 Å². The van der Waals surface area contributed by atoms with Gasteiger partial charge in [0.2, 0.25) is 11.8 Å². The van der Waals surface area contributed by atoms with E-state index in [9.17, 15) is 23.2 Å². The largest absolute Gasteiger partial charge is 0.475 e. The molecule has 5 rings (SSSR count). The third-order valence-electron chi connectivity index (χ3n) is 7.79. The number of aromatic nitrogens is 1. The lowest BCUT2D eigenvalue weighted by atomic mass is 9.96. The Morgan fingerprint density at radius 2 is 1.83 bits per heavy atom. The maximum atomic E-state index is 14.1. The Labute approximate surface area is 243 Å². The van der Waals surface area contributed by atoms with Gasteiger partial charge in [0, 0.05) is 55.9 Å². The van der Waals surface area contributed by atoms with E-state index in [4.69, 9.17) is 9.72 Å². The van der Waals surface area contributed by atoms with Crippen LogP contribution in [0.1, 0.15) is 22.4 Å². The van der Waals surface area contributed by atoms with Crippen molar-refractivity contribution < 1.29 is 22.7 Å².